The van der Waals surface area contributed by atoms with Crippen LogP contribution in [0.4, 0.5) is 0 Å². The molecule has 0 atom stereocenters. The predicted molar refractivity (Wildman–Crippen MR) is 94.8 cm³/mol. The molecule has 3 rings (SSSR count). The second-order valence-electron chi connectivity index (χ2n) is 6.11. The molecule has 130 valence electrons. The summed E-state index contributed by atoms with van der Waals surface area (Å²) in [5.41, 5.74) is 1.74. The van der Waals surface area contributed by atoms with E-state index in [1.165, 1.54) is 12.2 Å². The standard InChI is InChI=1S/C17H20N6O2/c1-11(2)23-16-14(9-20-23)6-13(17(25)21-16)4-5-15(24)18-7-12-8-19-22(3)10-12/h4-6,8-11H,7H2,1-3H3,(H,18,24)(H,21,25)/b5-4+. The van der Waals surface area contributed by atoms with Crippen molar-refractivity contribution in [3.05, 3.63) is 52.2 Å². The van der Waals surface area contributed by atoms with Gasteiger partial charge in [-0.1, -0.05) is 0 Å². The van der Waals surface area contributed by atoms with E-state index in [2.05, 4.69) is 20.5 Å². The summed E-state index contributed by atoms with van der Waals surface area (Å²) in [6.07, 6.45) is 8.07. The van der Waals surface area contributed by atoms with Gasteiger partial charge in [0.1, 0.15) is 5.65 Å². The van der Waals surface area contributed by atoms with E-state index in [9.17, 15) is 9.59 Å². The molecule has 2 N–H and O–H groups in total. The molecular formula is C17H20N6O2. The maximum absolute atomic E-state index is 12.2. The van der Waals surface area contributed by atoms with E-state index in [1.807, 2.05) is 27.1 Å². The zero-order valence-corrected chi connectivity index (χ0v) is 14.4. The van der Waals surface area contributed by atoms with E-state index in [-0.39, 0.29) is 17.5 Å². The Morgan fingerprint density at radius 1 is 1.36 bits per heavy atom. The fourth-order valence-electron chi connectivity index (χ4n) is 2.52. The first-order valence-electron chi connectivity index (χ1n) is 7.98. The lowest BCUT2D eigenvalue weighted by molar-refractivity contribution is -0.116. The van der Waals surface area contributed by atoms with Gasteiger partial charge in [0.25, 0.3) is 5.56 Å². The average Bonchev–Trinajstić information content (AvgIpc) is 3.16. The Kier molecular flexibility index (Phi) is 4.51. The highest BCUT2D eigenvalue weighted by atomic mass is 16.1. The maximum Gasteiger partial charge on any atom is 0.256 e. The molecule has 0 aliphatic rings. The first-order chi connectivity index (χ1) is 11.9. The van der Waals surface area contributed by atoms with E-state index in [1.54, 1.807) is 27.8 Å². The van der Waals surface area contributed by atoms with Crippen LogP contribution in [-0.2, 0) is 18.4 Å². The summed E-state index contributed by atoms with van der Waals surface area (Å²) in [4.78, 5) is 26.9. The van der Waals surface area contributed by atoms with Crippen LogP contribution >= 0.6 is 0 Å². The third kappa shape index (κ3) is 3.68. The number of nitrogens with zero attached hydrogens (tertiary/aromatic N) is 4. The number of nitrogens with one attached hydrogen (secondary N) is 2. The van der Waals surface area contributed by atoms with Crippen LogP contribution in [0.15, 0.2) is 35.5 Å². The van der Waals surface area contributed by atoms with Gasteiger partial charge in [-0.15, -0.1) is 0 Å². The number of aromatic amines is 1. The van der Waals surface area contributed by atoms with Crippen molar-refractivity contribution < 1.29 is 4.79 Å². The highest BCUT2D eigenvalue weighted by Crippen LogP contribution is 2.15. The van der Waals surface area contributed by atoms with Crippen LogP contribution < -0.4 is 10.9 Å². The van der Waals surface area contributed by atoms with E-state index in [4.69, 9.17) is 0 Å². The second kappa shape index (κ2) is 6.76. The number of rotatable bonds is 5. The molecule has 3 aromatic heterocycles. The van der Waals surface area contributed by atoms with Crippen molar-refractivity contribution in [3.8, 4) is 0 Å². The molecule has 0 unspecified atom stereocenters. The first-order valence-corrected chi connectivity index (χ1v) is 7.98. The normalized spacial score (nSPS) is 11.7. The molecule has 0 aliphatic heterocycles. The van der Waals surface area contributed by atoms with E-state index in [0.717, 1.165) is 10.9 Å². The third-order valence-electron chi connectivity index (χ3n) is 3.76. The van der Waals surface area contributed by atoms with Crippen molar-refractivity contribution >= 4 is 23.0 Å². The van der Waals surface area contributed by atoms with Gasteiger partial charge in [-0.05, 0) is 26.0 Å². The molecule has 0 spiro atoms. The number of carbonyl (C=O) groups excluding carboxylic acids is 1. The van der Waals surface area contributed by atoms with Gasteiger partial charge in [0.05, 0.1) is 12.4 Å². The molecule has 0 aromatic carbocycles. The lowest BCUT2D eigenvalue weighted by Crippen LogP contribution is -2.20. The summed E-state index contributed by atoms with van der Waals surface area (Å²) in [5.74, 6) is -0.277. The van der Waals surface area contributed by atoms with Crippen LogP contribution in [0.25, 0.3) is 17.1 Å². The Bertz CT molecular complexity index is 992. The van der Waals surface area contributed by atoms with Crippen LogP contribution in [0, 0.1) is 0 Å². The number of aromatic nitrogens is 5. The lowest BCUT2D eigenvalue weighted by atomic mass is 10.2. The Labute approximate surface area is 144 Å². The van der Waals surface area contributed by atoms with Crippen molar-refractivity contribution in [1.82, 2.24) is 29.9 Å². The minimum Gasteiger partial charge on any atom is -0.348 e. The van der Waals surface area contributed by atoms with Gasteiger partial charge in [0, 0.05) is 48.4 Å². The fraction of sp³-hybridized carbons (Fsp3) is 0.294. The second-order valence-corrected chi connectivity index (χ2v) is 6.11. The minimum atomic E-state index is -0.277. The van der Waals surface area contributed by atoms with Crippen molar-refractivity contribution in [3.63, 3.8) is 0 Å². The van der Waals surface area contributed by atoms with Gasteiger partial charge in [-0.3, -0.25) is 14.3 Å². The van der Waals surface area contributed by atoms with Gasteiger partial charge in [0.2, 0.25) is 5.91 Å². The van der Waals surface area contributed by atoms with Crippen molar-refractivity contribution in [1.29, 1.82) is 0 Å². The number of amides is 1. The summed E-state index contributed by atoms with van der Waals surface area (Å²) < 4.78 is 3.42. The Morgan fingerprint density at radius 2 is 2.16 bits per heavy atom. The summed E-state index contributed by atoms with van der Waals surface area (Å²) in [6.45, 7) is 4.36. The van der Waals surface area contributed by atoms with E-state index in [0.29, 0.717) is 17.8 Å². The molecule has 0 bridgehead atoms. The van der Waals surface area contributed by atoms with Crippen LogP contribution in [0.3, 0.4) is 0 Å². The molecule has 3 aromatic rings. The topological polar surface area (TPSA) is 97.6 Å². The molecule has 0 aliphatic carbocycles. The maximum atomic E-state index is 12.2. The highest BCUT2D eigenvalue weighted by molar-refractivity contribution is 5.92. The van der Waals surface area contributed by atoms with Gasteiger partial charge >= 0.3 is 0 Å². The number of aryl methyl sites for hydroxylation is 1. The van der Waals surface area contributed by atoms with Crippen LogP contribution in [-0.4, -0.2) is 30.5 Å². The molecule has 8 heteroatoms. The number of hydrogen-bond donors (Lipinski definition) is 2. The third-order valence-corrected chi connectivity index (χ3v) is 3.76. The number of fused-ring (bicyclic) bond motifs is 1. The van der Waals surface area contributed by atoms with E-state index < -0.39 is 0 Å². The Balaban J connectivity index is 1.73. The molecule has 3 heterocycles. The lowest BCUT2D eigenvalue weighted by Gasteiger charge is -2.06. The van der Waals surface area contributed by atoms with Crippen LogP contribution in [0.1, 0.15) is 31.0 Å². The molecule has 8 nitrogen and oxygen atoms in total. The minimum absolute atomic E-state index is 0.146. The molecule has 0 radical (unpaired) electrons. The average molecular weight is 340 g/mol. The van der Waals surface area contributed by atoms with E-state index >= 15 is 0 Å². The van der Waals surface area contributed by atoms with Crippen molar-refractivity contribution in [2.45, 2.75) is 26.4 Å². The zero-order chi connectivity index (χ0) is 18.0. The zero-order valence-electron chi connectivity index (χ0n) is 14.4. The quantitative estimate of drug-likeness (QED) is 0.685. The fourth-order valence-corrected chi connectivity index (χ4v) is 2.52. The summed E-state index contributed by atoms with van der Waals surface area (Å²) in [7, 11) is 1.81. The predicted octanol–water partition coefficient (Wildman–Crippen LogP) is 1.37. The number of carbonyl (C=O) groups is 1. The molecule has 1 amide bonds. The Hall–Kier alpha value is -3.16. The summed E-state index contributed by atoms with van der Waals surface area (Å²) >= 11 is 0. The monoisotopic (exact) mass is 340 g/mol. The molecule has 25 heavy (non-hydrogen) atoms. The van der Waals surface area contributed by atoms with Crippen molar-refractivity contribution in [2.24, 2.45) is 7.05 Å². The van der Waals surface area contributed by atoms with Gasteiger partial charge in [0.15, 0.2) is 0 Å². The smallest absolute Gasteiger partial charge is 0.256 e. The van der Waals surface area contributed by atoms with Crippen LogP contribution in [0.2, 0.25) is 0 Å². The van der Waals surface area contributed by atoms with Gasteiger partial charge in [-0.25, -0.2) is 4.68 Å². The largest absolute Gasteiger partial charge is 0.348 e. The highest BCUT2D eigenvalue weighted by Gasteiger charge is 2.09. The molecule has 0 fully saturated rings. The van der Waals surface area contributed by atoms with Crippen molar-refractivity contribution in [2.75, 3.05) is 0 Å². The number of hydrogen-bond acceptors (Lipinski definition) is 4. The molecular weight excluding hydrogens is 320 g/mol. The van der Waals surface area contributed by atoms with Crippen LogP contribution in [0.5, 0.6) is 0 Å². The van der Waals surface area contributed by atoms with Gasteiger partial charge < -0.3 is 10.3 Å². The summed E-state index contributed by atoms with van der Waals surface area (Å²) in [5, 5.41) is 11.9. The Morgan fingerprint density at radius 3 is 2.84 bits per heavy atom. The number of H-pyrrole nitrogens is 1. The molecule has 0 saturated heterocycles. The van der Waals surface area contributed by atoms with Gasteiger partial charge in [-0.2, -0.15) is 10.2 Å². The SMILES string of the molecule is CC(C)n1ncc2cc(/C=C/C(=O)NCc3cnn(C)c3)c(=O)[nH]c21. The first kappa shape index (κ1) is 16.7. The summed E-state index contributed by atoms with van der Waals surface area (Å²) in [6, 6.07) is 1.87. The number of pyridine rings is 1. The molecule has 0 saturated carbocycles.